The van der Waals surface area contributed by atoms with E-state index in [9.17, 15) is 13.2 Å². The predicted molar refractivity (Wildman–Crippen MR) is 81.4 cm³/mol. The average Bonchev–Trinajstić information content (AvgIpc) is 2.43. The lowest BCUT2D eigenvalue weighted by atomic mass is 9.80. The maximum atomic E-state index is 12.1. The number of likely N-dealkylation sites (tertiary alicyclic amines) is 1. The van der Waals surface area contributed by atoms with Crippen molar-refractivity contribution >= 4 is 0 Å². The number of nitrogens with zero attached hydrogens (tertiary/aromatic N) is 1. The highest BCUT2D eigenvalue weighted by atomic mass is 19.4. The fraction of sp³-hybridized carbons (Fsp3) is 0.625. The quantitative estimate of drug-likeness (QED) is 0.900. The minimum absolute atomic E-state index is 0.0782. The first kappa shape index (κ1) is 17.9. The molecule has 1 unspecified atom stereocenters. The normalized spacial score (nSPS) is 21.9. The third kappa shape index (κ3) is 5.58. The molecule has 23 heavy (non-hydrogen) atoms. The van der Waals surface area contributed by atoms with Crippen LogP contribution in [0.25, 0.3) is 0 Å². The second kappa shape index (κ2) is 6.97. The molecule has 1 aromatic rings. The summed E-state index contributed by atoms with van der Waals surface area (Å²) in [4.78, 5) is 2.30. The van der Waals surface area contributed by atoms with Crippen molar-refractivity contribution in [1.29, 1.82) is 0 Å². The molecule has 1 aliphatic heterocycles. The van der Waals surface area contributed by atoms with E-state index in [1.54, 1.807) is 0 Å². The molecule has 0 radical (unpaired) electrons. The van der Waals surface area contributed by atoms with Gasteiger partial charge in [0.15, 0.2) is 0 Å². The van der Waals surface area contributed by atoms with Crippen LogP contribution in [-0.4, -0.2) is 43.5 Å². The molecule has 1 saturated heterocycles. The average molecular weight is 332 g/mol. The molecule has 0 amide bonds. The molecule has 0 aliphatic carbocycles. The minimum atomic E-state index is -4.68. The molecular weight excluding hydrogens is 309 g/mol. The van der Waals surface area contributed by atoms with Crippen molar-refractivity contribution in [3.63, 3.8) is 0 Å². The fourth-order valence-corrected chi connectivity index (χ4v) is 2.71. The zero-order valence-electron chi connectivity index (χ0n) is 13.4. The zero-order chi connectivity index (χ0) is 17.1. The van der Waals surface area contributed by atoms with Gasteiger partial charge in [-0.1, -0.05) is 13.8 Å². The van der Waals surface area contributed by atoms with E-state index in [0.29, 0.717) is 12.4 Å². The van der Waals surface area contributed by atoms with E-state index in [0.717, 1.165) is 26.1 Å². The summed E-state index contributed by atoms with van der Waals surface area (Å²) in [5, 5.41) is 0. The molecule has 1 atom stereocenters. The first-order valence-electron chi connectivity index (χ1n) is 7.62. The molecule has 1 aliphatic rings. The van der Waals surface area contributed by atoms with Crippen LogP contribution in [0.15, 0.2) is 24.3 Å². The summed E-state index contributed by atoms with van der Waals surface area (Å²) in [5.41, 5.74) is 6.18. The lowest BCUT2D eigenvalue weighted by Gasteiger charge is -2.42. The highest BCUT2D eigenvalue weighted by molar-refractivity contribution is 5.31. The number of hydrogen-bond acceptors (Lipinski definition) is 4. The Kier molecular flexibility index (Phi) is 5.41. The molecule has 7 heteroatoms. The molecule has 1 aromatic carbocycles. The number of hydrogen-bond donors (Lipinski definition) is 1. The fourth-order valence-electron chi connectivity index (χ4n) is 2.71. The number of halogens is 3. The molecule has 2 rings (SSSR count). The number of benzene rings is 1. The number of alkyl halides is 3. The Morgan fingerprint density at radius 1 is 1.22 bits per heavy atom. The van der Waals surface area contributed by atoms with Gasteiger partial charge in [0.25, 0.3) is 0 Å². The summed E-state index contributed by atoms with van der Waals surface area (Å²) in [6.45, 7) is 7.40. The van der Waals surface area contributed by atoms with E-state index in [-0.39, 0.29) is 17.2 Å². The Hall–Kier alpha value is -1.47. The lowest BCUT2D eigenvalue weighted by Crippen LogP contribution is -2.53. The van der Waals surface area contributed by atoms with Crippen LogP contribution in [0.4, 0.5) is 13.2 Å². The van der Waals surface area contributed by atoms with Crippen LogP contribution in [0.3, 0.4) is 0 Å². The van der Waals surface area contributed by atoms with Crippen molar-refractivity contribution in [1.82, 2.24) is 4.90 Å². The second-order valence-electron chi connectivity index (χ2n) is 6.53. The molecule has 4 nitrogen and oxygen atoms in total. The van der Waals surface area contributed by atoms with Gasteiger partial charge in [-0.15, -0.1) is 13.2 Å². The Labute approximate surface area is 134 Å². The molecule has 0 spiro atoms. The van der Waals surface area contributed by atoms with Gasteiger partial charge in [-0.2, -0.15) is 0 Å². The molecular formula is C16H23F3N2O2. The first-order chi connectivity index (χ1) is 10.7. The standard InChI is InChI=1S/C16H23F3N2O2/c1-15(2)11-21(8-7-14(15)20)9-10-22-12-3-5-13(6-4-12)23-16(17,18)19/h3-6,14H,7-11,20H2,1-2H3. The van der Waals surface area contributed by atoms with Gasteiger partial charge in [0.05, 0.1) is 0 Å². The van der Waals surface area contributed by atoms with Gasteiger partial charge in [-0.3, -0.25) is 4.90 Å². The van der Waals surface area contributed by atoms with Gasteiger partial charge in [0, 0.05) is 19.1 Å². The summed E-state index contributed by atoms with van der Waals surface area (Å²) in [6, 6.07) is 5.63. The van der Waals surface area contributed by atoms with Crippen molar-refractivity contribution in [2.45, 2.75) is 32.7 Å². The van der Waals surface area contributed by atoms with E-state index in [4.69, 9.17) is 10.5 Å². The SMILES string of the molecule is CC1(C)CN(CCOc2ccc(OC(F)(F)F)cc2)CCC1N. The smallest absolute Gasteiger partial charge is 0.492 e. The van der Waals surface area contributed by atoms with Crippen LogP contribution in [0, 0.1) is 5.41 Å². The molecule has 1 heterocycles. The third-order valence-corrected chi connectivity index (χ3v) is 4.12. The Morgan fingerprint density at radius 3 is 2.39 bits per heavy atom. The van der Waals surface area contributed by atoms with Crippen molar-refractivity contribution in [3.8, 4) is 11.5 Å². The molecule has 0 bridgehead atoms. The van der Waals surface area contributed by atoms with E-state index < -0.39 is 6.36 Å². The van der Waals surface area contributed by atoms with E-state index in [1.807, 2.05) is 0 Å². The van der Waals surface area contributed by atoms with Crippen LogP contribution in [0.5, 0.6) is 11.5 Å². The van der Waals surface area contributed by atoms with Gasteiger partial charge >= 0.3 is 6.36 Å². The molecule has 130 valence electrons. The number of ether oxygens (including phenoxy) is 2. The maximum absolute atomic E-state index is 12.1. The Morgan fingerprint density at radius 2 is 1.83 bits per heavy atom. The van der Waals surface area contributed by atoms with Crippen LogP contribution in [0.2, 0.25) is 0 Å². The van der Waals surface area contributed by atoms with Crippen LogP contribution in [-0.2, 0) is 0 Å². The summed E-state index contributed by atoms with van der Waals surface area (Å²) < 4.78 is 45.6. The molecule has 1 fully saturated rings. The van der Waals surface area contributed by atoms with Gasteiger partial charge in [0.1, 0.15) is 18.1 Å². The van der Waals surface area contributed by atoms with E-state index in [1.165, 1.54) is 24.3 Å². The van der Waals surface area contributed by atoms with Gasteiger partial charge in [-0.05, 0) is 42.6 Å². The lowest BCUT2D eigenvalue weighted by molar-refractivity contribution is -0.274. The van der Waals surface area contributed by atoms with Crippen molar-refractivity contribution in [3.05, 3.63) is 24.3 Å². The number of rotatable bonds is 5. The second-order valence-corrected chi connectivity index (χ2v) is 6.53. The summed E-state index contributed by atoms with van der Waals surface area (Å²) >= 11 is 0. The topological polar surface area (TPSA) is 47.7 Å². The third-order valence-electron chi connectivity index (χ3n) is 4.12. The van der Waals surface area contributed by atoms with Gasteiger partial charge in [-0.25, -0.2) is 0 Å². The van der Waals surface area contributed by atoms with E-state index >= 15 is 0 Å². The Bertz CT molecular complexity index is 503. The molecule has 2 N–H and O–H groups in total. The van der Waals surface area contributed by atoms with Crippen LogP contribution in [0.1, 0.15) is 20.3 Å². The van der Waals surface area contributed by atoms with Crippen molar-refractivity contribution in [2.24, 2.45) is 11.1 Å². The summed E-state index contributed by atoms with van der Waals surface area (Å²) in [7, 11) is 0. The molecule has 0 saturated carbocycles. The molecule has 0 aromatic heterocycles. The summed E-state index contributed by atoms with van der Waals surface area (Å²) in [6.07, 6.45) is -3.72. The monoisotopic (exact) mass is 332 g/mol. The number of piperidine rings is 1. The van der Waals surface area contributed by atoms with Crippen molar-refractivity contribution in [2.75, 3.05) is 26.2 Å². The summed E-state index contributed by atoms with van der Waals surface area (Å²) in [5.74, 6) is 0.268. The van der Waals surface area contributed by atoms with E-state index in [2.05, 4.69) is 23.5 Å². The highest BCUT2D eigenvalue weighted by Gasteiger charge is 2.33. The largest absolute Gasteiger partial charge is 0.573 e. The van der Waals surface area contributed by atoms with Gasteiger partial charge in [0.2, 0.25) is 0 Å². The van der Waals surface area contributed by atoms with Crippen LogP contribution >= 0.6 is 0 Å². The minimum Gasteiger partial charge on any atom is -0.492 e. The highest BCUT2D eigenvalue weighted by Crippen LogP contribution is 2.28. The zero-order valence-corrected chi connectivity index (χ0v) is 13.4. The van der Waals surface area contributed by atoms with Crippen molar-refractivity contribution < 1.29 is 22.6 Å². The number of nitrogens with two attached hydrogens (primary N) is 1. The van der Waals surface area contributed by atoms with Crippen LogP contribution < -0.4 is 15.2 Å². The maximum Gasteiger partial charge on any atom is 0.573 e. The van der Waals surface area contributed by atoms with Gasteiger partial charge < -0.3 is 15.2 Å². The first-order valence-corrected chi connectivity index (χ1v) is 7.62. The predicted octanol–water partition coefficient (Wildman–Crippen LogP) is 3.02. The Balaban J connectivity index is 1.76.